The number of carbonyl (C=O) groups excluding carboxylic acids is 1. The molecule has 0 radical (unpaired) electrons. The van der Waals surface area contributed by atoms with Crippen molar-refractivity contribution < 1.29 is 22.7 Å². The molecular weight excluding hydrogens is 452 g/mol. The number of carbonyl (C=O) groups is 1. The molecule has 0 saturated carbocycles. The summed E-state index contributed by atoms with van der Waals surface area (Å²) in [5.41, 5.74) is 2.30. The normalized spacial score (nSPS) is 15.4. The number of hydrogen-bond acceptors (Lipinski definition) is 5. The lowest BCUT2D eigenvalue weighted by molar-refractivity contribution is 0.0729. The fourth-order valence-corrected chi connectivity index (χ4v) is 5.56. The van der Waals surface area contributed by atoms with Crippen LogP contribution >= 0.6 is 0 Å². The third kappa shape index (κ3) is 5.47. The Balaban J connectivity index is 1.62. The van der Waals surface area contributed by atoms with Crippen molar-refractivity contribution in [3.05, 3.63) is 95.6 Å². The zero-order valence-electron chi connectivity index (χ0n) is 19.0. The molecule has 1 aliphatic rings. The van der Waals surface area contributed by atoms with Gasteiger partial charge in [0.25, 0.3) is 5.91 Å². The highest BCUT2D eigenvalue weighted by Crippen LogP contribution is 2.29. The number of benzene rings is 3. The molecule has 1 amide bonds. The van der Waals surface area contributed by atoms with Crippen molar-refractivity contribution in [1.29, 1.82) is 0 Å². The van der Waals surface area contributed by atoms with Gasteiger partial charge in [0.15, 0.2) is 0 Å². The van der Waals surface area contributed by atoms with E-state index in [-0.39, 0.29) is 41.2 Å². The van der Waals surface area contributed by atoms with Crippen molar-refractivity contribution in [2.45, 2.75) is 17.4 Å². The zero-order chi connectivity index (χ0) is 24.0. The lowest BCUT2D eigenvalue weighted by Gasteiger charge is -2.27. The van der Waals surface area contributed by atoms with Gasteiger partial charge < -0.3 is 14.8 Å². The van der Waals surface area contributed by atoms with Crippen molar-refractivity contribution in [2.24, 2.45) is 0 Å². The molecular formula is C26H28N2O5S. The van der Waals surface area contributed by atoms with E-state index in [2.05, 4.69) is 5.32 Å². The number of methoxy groups -OCH3 is 1. The second kappa shape index (κ2) is 10.8. The van der Waals surface area contributed by atoms with Gasteiger partial charge in [-0.15, -0.1) is 0 Å². The summed E-state index contributed by atoms with van der Waals surface area (Å²) < 4.78 is 38.5. The first-order valence-electron chi connectivity index (χ1n) is 11.1. The molecule has 4 rings (SSSR count). The average molecular weight is 481 g/mol. The number of rotatable bonds is 8. The molecule has 1 heterocycles. The highest BCUT2D eigenvalue weighted by Gasteiger charge is 2.30. The minimum atomic E-state index is -3.84. The smallest absolute Gasteiger partial charge is 0.251 e. The SMILES string of the molecule is COc1ccc(C(=O)N[C@@H](Cc2ccccc2)c2ccccc2)cc1S(=O)(=O)N1CCOCC1. The Bertz CT molecular complexity index is 1210. The van der Waals surface area contributed by atoms with Crippen LogP contribution in [0.1, 0.15) is 27.5 Å². The largest absolute Gasteiger partial charge is 0.495 e. The molecule has 1 N–H and O–H groups in total. The van der Waals surface area contributed by atoms with Crippen molar-refractivity contribution in [2.75, 3.05) is 33.4 Å². The summed E-state index contributed by atoms with van der Waals surface area (Å²) in [6, 6.07) is 23.9. The number of nitrogens with zero attached hydrogens (tertiary/aromatic N) is 1. The lowest BCUT2D eigenvalue weighted by atomic mass is 9.98. The van der Waals surface area contributed by atoms with Gasteiger partial charge in [0, 0.05) is 18.7 Å². The number of morpholine rings is 1. The van der Waals surface area contributed by atoms with Crippen molar-refractivity contribution in [1.82, 2.24) is 9.62 Å². The van der Waals surface area contributed by atoms with Gasteiger partial charge in [-0.25, -0.2) is 8.42 Å². The molecule has 8 heteroatoms. The molecule has 1 aliphatic heterocycles. The molecule has 0 unspecified atom stereocenters. The van der Waals surface area contributed by atoms with E-state index in [0.717, 1.165) is 11.1 Å². The minimum absolute atomic E-state index is 0.0242. The van der Waals surface area contributed by atoms with Gasteiger partial charge in [0.1, 0.15) is 10.6 Å². The average Bonchev–Trinajstić information content (AvgIpc) is 2.89. The molecule has 178 valence electrons. The van der Waals surface area contributed by atoms with Crippen molar-refractivity contribution in [3.63, 3.8) is 0 Å². The Kier molecular flexibility index (Phi) is 7.62. The third-order valence-electron chi connectivity index (χ3n) is 5.80. The maximum atomic E-state index is 13.3. The van der Waals surface area contributed by atoms with Crippen LogP contribution in [0.2, 0.25) is 0 Å². The molecule has 1 saturated heterocycles. The van der Waals surface area contributed by atoms with Crippen LogP contribution in [-0.4, -0.2) is 52.0 Å². The molecule has 3 aromatic carbocycles. The van der Waals surface area contributed by atoms with Crippen LogP contribution in [0.25, 0.3) is 0 Å². The van der Waals surface area contributed by atoms with Gasteiger partial charge in [0.05, 0.1) is 26.4 Å². The first kappa shape index (κ1) is 23.9. The predicted molar refractivity (Wildman–Crippen MR) is 129 cm³/mol. The summed E-state index contributed by atoms with van der Waals surface area (Å²) in [5.74, 6) is -0.155. The molecule has 1 atom stereocenters. The first-order chi connectivity index (χ1) is 16.5. The van der Waals surface area contributed by atoms with Crippen LogP contribution in [0.5, 0.6) is 5.75 Å². The van der Waals surface area contributed by atoms with Crippen LogP contribution in [0, 0.1) is 0 Å². The van der Waals surface area contributed by atoms with Crippen molar-refractivity contribution in [3.8, 4) is 5.75 Å². The van der Waals surface area contributed by atoms with E-state index in [1.54, 1.807) is 6.07 Å². The molecule has 0 spiro atoms. The van der Waals surface area contributed by atoms with E-state index in [9.17, 15) is 13.2 Å². The standard InChI is InChI=1S/C26H28N2O5S/c1-32-24-13-12-22(19-25(24)34(30,31)28-14-16-33-17-15-28)26(29)27-23(21-10-6-3-7-11-21)18-20-8-4-2-5-9-20/h2-13,19,23H,14-18H2,1H3,(H,27,29)/t23-/m0/s1. The fourth-order valence-electron chi connectivity index (χ4n) is 3.97. The van der Waals surface area contributed by atoms with E-state index in [1.165, 1.54) is 23.5 Å². The molecule has 7 nitrogen and oxygen atoms in total. The Morgan fingerprint density at radius 3 is 2.29 bits per heavy atom. The minimum Gasteiger partial charge on any atom is -0.495 e. The highest BCUT2D eigenvalue weighted by molar-refractivity contribution is 7.89. The van der Waals surface area contributed by atoms with Gasteiger partial charge in [0.2, 0.25) is 10.0 Å². The number of nitrogens with one attached hydrogen (secondary N) is 1. The lowest BCUT2D eigenvalue weighted by Crippen LogP contribution is -2.40. The Morgan fingerprint density at radius 1 is 1.00 bits per heavy atom. The topological polar surface area (TPSA) is 84.9 Å². The van der Waals surface area contributed by atoms with E-state index in [4.69, 9.17) is 9.47 Å². The van der Waals surface area contributed by atoms with Crippen LogP contribution < -0.4 is 10.1 Å². The molecule has 0 aliphatic carbocycles. The Hall–Kier alpha value is -3.20. The van der Waals surface area contributed by atoms with Crippen LogP contribution in [-0.2, 0) is 21.2 Å². The second-order valence-corrected chi connectivity index (χ2v) is 9.91. The number of sulfonamides is 1. The van der Waals surface area contributed by atoms with Gasteiger partial charge >= 0.3 is 0 Å². The van der Waals surface area contributed by atoms with Gasteiger partial charge in [-0.2, -0.15) is 4.31 Å². The second-order valence-electron chi connectivity index (χ2n) is 8.01. The molecule has 0 bridgehead atoms. The number of ether oxygens (including phenoxy) is 2. The van der Waals surface area contributed by atoms with Crippen LogP contribution in [0.3, 0.4) is 0 Å². The summed E-state index contributed by atoms with van der Waals surface area (Å²) in [4.78, 5) is 13.3. The fraction of sp³-hybridized carbons (Fsp3) is 0.269. The van der Waals surface area contributed by atoms with Crippen molar-refractivity contribution >= 4 is 15.9 Å². The maximum absolute atomic E-state index is 13.3. The Labute approximate surface area is 200 Å². The summed E-state index contributed by atoms with van der Waals surface area (Å²) in [5, 5.41) is 3.09. The monoisotopic (exact) mass is 480 g/mol. The quantitative estimate of drug-likeness (QED) is 0.534. The van der Waals surface area contributed by atoms with E-state index in [0.29, 0.717) is 19.6 Å². The predicted octanol–water partition coefficient (Wildman–Crippen LogP) is 3.43. The first-order valence-corrected chi connectivity index (χ1v) is 12.6. The van der Waals surface area contributed by atoms with Crippen LogP contribution in [0.4, 0.5) is 0 Å². The van der Waals surface area contributed by atoms with Gasteiger partial charge in [-0.1, -0.05) is 60.7 Å². The molecule has 1 fully saturated rings. The van der Waals surface area contributed by atoms with E-state index >= 15 is 0 Å². The van der Waals surface area contributed by atoms with E-state index < -0.39 is 10.0 Å². The molecule has 0 aromatic heterocycles. The maximum Gasteiger partial charge on any atom is 0.251 e. The molecule has 3 aromatic rings. The summed E-state index contributed by atoms with van der Waals surface area (Å²) >= 11 is 0. The van der Waals surface area contributed by atoms with E-state index in [1.807, 2.05) is 60.7 Å². The number of hydrogen-bond donors (Lipinski definition) is 1. The zero-order valence-corrected chi connectivity index (χ0v) is 19.8. The Morgan fingerprint density at radius 2 is 1.65 bits per heavy atom. The summed E-state index contributed by atoms with van der Waals surface area (Å²) in [6.45, 7) is 1.18. The van der Waals surface area contributed by atoms with Crippen LogP contribution in [0.15, 0.2) is 83.8 Å². The highest BCUT2D eigenvalue weighted by atomic mass is 32.2. The molecule has 34 heavy (non-hydrogen) atoms. The third-order valence-corrected chi connectivity index (χ3v) is 7.72. The summed E-state index contributed by atoms with van der Waals surface area (Å²) in [6.07, 6.45) is 0.603. The summed E-state index contributed by atoms with van der Waals surface area (Å²) in [7, 11) is -2.43. The van der Waals surface area contributed by atoms with Gasteiger partial charge in [-0.05, 0) is 35.7 Å². The number of amides is 1. The van der Waals surface area contributed by atoms with Gasteiger partial charge in [-0.3, -0.25) is 4.79 Å².